The molecule has 12 heteroatoms. The van der Waals surface area contributed by atoms with Crippen molar-refractivity contribution in [3.63, 3.8) is 0 Å². The number of hydrogen-bond acceptors (Lipinski definition) is 8. The number of carbonyl (C=O) groups excluding carboxylic acids is 4. The minimum absolute atomic E-state index is 0.0247. The zero-order valence-electron chi connectivity index (χ0n) is 31.3. The van der Waals surface area contributed by atoms with Crippen LogP contribution in [0.1, 0.15) is 50.1 Å². The standard InChI is InChI=1S/C42H52N6O6/c1-28(2)35(39(50)45-26-33-22-14-15-23-43-33)47-41(52)37(44-25-31-18-10-6-11-19-31)38(49)34(24-30-16-8-5-9-17-30)46-40(51)36(29(3)4)48-42(53)54-27-32-20-12-7-13-21-32/h5-23,28-29,34-38,44,49H,24-27H2,1-4H3,(H,45,50)(H,46,51)(H,47,52)(H,48,53)/t34-,35-,36-,37+,38+/m0/s1. The summed E-state index contributed by atoms with van der Waals surface area (Å²) in [5.41, 5.74) is 3.12. The highest BCUT2D eigenvalue weighted by Crippen LogP contribution is 2.14. The van der Waals surface area contributed by atoms with Crippen molar-refractivity contribution in [3.05, 3.63) is 138 Å². The van der Waals surface area contributed by atoms with Crippen LogP contribution < -0.4 is 26.6 Å². The SMILES string of the molecule is CC(C)[C@H](NC(=O)OCc1ccccc1)C(=O)N[C@@H](Cc1ccccc1)[C@@H](O)[C@@H](NCc1ccccc1)C(=O)N[C@H](C(=O)NCc1ccccn1)C(C)C. The first-order valence-electron chi connectivity index (χ1n) is 18.3. The number of ether oxygens (including phenoxy) is 1. The first-order chi connectivity index (χ1) is 26.0. The molecule has 5 atom stereocenters. The molecule has 54 heavy (non-hydrogen) atoms. The largest absolute Gasteiger partial charge is 0.445 e. The Kier molecular flexibility index (Phi) is 16.2. The van der Waals surface area contributed by atoms with Crippen LogP contribution >= 0.6 is 0 Å². The van der Waals surface area contributed by atoms with Gasteiger partial charge in [0.2, 0.25) is 17.7 Å². The predicted molar refractivity (Wildman–Crippen MR) is 206 cm³/mol. The molecule has 0 saturated carbocycles. The molecular weight excluding hydrogens is 684 g/mol. The summed E-state index contributed by atoms with van der Waals surface area (Å²) in [6.45, 7) is 7.61. The second-order valence-electron chi connectivity index (χ2n) is 13.8. The van der Waals surface area contributed by atoms with E-state index in [2.05, 4.69) is 31.6 Å². The molecule has 0 bridgehead atoms. The van der Waals surface area contributed by atoms with Crippen LogP contribution in [0.5, 0.6) is 0 Å². The summed E-state index contributed by atoms with van der Waals surface area (Å²) in [6.07, 6.45) is -0.461. The average Bonchev–Trinajstić information content (AvgIpc) is 3.18. The molecule has 0 spiro atoms. The average molecular weight is 737 g/mol. The van der Waals surface area contributed by atoms with E-state index < -0.39 is 54.1 Å². The number of pyridine rings is 1. The van der Waals surface area contributed by atoms with Gasteiger partial charge in [0.05, 0.1) is 24.4 Å². The molecular formula is C42H52N6O6. The third-order valence-electron chi connectivity index (χ3n) is 8.88. The molecule has 0 fully saturated rings. The van der Waals surface area contributed by atoms with E-state index in [0.29, 0.717) is 5.69 Å². The second-order valence-corrected chi connectivity index (χ2v) is 13.8. The number of rotatable bonds is 19. The van der Waals surface area contributed by atoms with Crippen LogP contribution in [0.25, 0.3) is 0 Å². The van der Waals surface area contributed by atoms with E-state index in [1.807, 2.05) is 111 Å². The molecule has 0 aliphatic carbocycles. The molecule has 1 aromatic heterocycles. The van der Waals surface area contributed by atoms with Gasteiger partial charge in [-0.05, 0) is 47.1 Å². The van der Waals surface area contributed by atoms with Crippen LogP contribution in [0.3, 0.4) is 0 Å². The quantitative estimate of drug-likeness (QED) is 0.0838. The molecule has 0 saturated heterocycles. The summed E-state index contributed by atoms with van der Waals surface area (Å²) in [5, 5.41) is 26.6. The number of aliphatic hydroxyl groups excluding tert-OH is 1. The Labute approximate surface area is 317 Å². The van der Waals surface area contributed by atoms with Gasteiger partial charge in [-0.3, -0.25) is 24.7 Å². The molecule has 3 aromatic carbocycles. The van der Waals surface area contributed by atoms with Crippen LogP contribution in [0.4, 0.5) is 4.79 Å². The summed E-state index contributed by atoms with van der Waals surface area (Å²) >= 11 is 0. The van der Waals surface area contributed by atoms with E-state index in [0.717, 1.165) is 16.7 Å². The van der Waals surface area contributed by atoms with Crippen molar-refractivity contribution in [2.75, 3.05) is 0 Å². The topological polar surface area (TPSA) is 171 Å². The van der Waals surface area contributed by atoms with E-state index in [-0.39, 0.29) is 38.0 Å². The molecule has 4 amide bonds. The second kappa shape index (κ2) is 21.2. The highest BCUT2D eigenvalue weighted by molar-refractivity contribution is 5.90. The zero-order valence-corrected chi connectivity index (χ0v) is 31.3. The minimum Gasteiger partial charge on any atom is -0.445 e. The number of benzene rings is 3. The van der Waals surface area contributed by atoms with Crippen LogP contribution in [-0.2, 0) is 45.2 Å². The Bertz CT molecular complexity index is 1740. The Hall–Kier alpha value is -5.59. The fraction of sp³-hybridized carbons (Fsp3) is 0.357. The fourth-order valence-corrected chi connectivity index (χ4v) is 5.82. The van der Waals surface area contributed by atoms with Gasteiger partial charge in [-0.1, -0.05) is 125 Å². The first kappa shape index (κ1) is 41.2. The lowest BCUT2D eigenvalue weighted by atomic mass is 9.93. The maximum absolute atomic E-state index is 14.2. The van der Waals surface area contributed by atoms with E-state index in [1.54, 1.807) is 32.2 Å². The molecule has 286 valence electrons. The van der Waals surface area contributed by atoms with E-state index in [1.165, 1.54) is 0 Å². The number of alkyl carbamates (subject to hydrolysis) is 1. The van der Waals surface area contributed by atoms with Gasteiger partial charge in [0.15, 0.2) is 0 Å². The lowest BCUT2D eigenvalue weighted by Crippen LogP contribution is -2.63. The molecule has 4 aromatic rings. The van der Waals surface area contributed by atoms with Crippen molar-refractivity contribution in [3.8, 4) is 0 Å². The van der Waals surface area contributed by atoms with Gasteiger partial charge in [0.25, 0.3) is 0 Å². The lowest BCUT2D eigenvalue weighted by molar-refractivity contribution is -0.134. The smallest absolute Gasteiger partial charge is 0.408 e. The maximum atomic E-state index is 14.2. The summed E-state index contributed by atoms with van der Waals surface area (Å²) in [5.74, 6) is -2.24. The molecule has 4 rings (SSSR count). The Morgan fingerprint density at radius 2 is 1.15 bits per heavy atom. The summed E-state index contributed by atoms with van der Waals surface area (Å²) in [7, 11) is 0. The highest BCUT2D eigenvalue weighted by atomic mass is 16.5. The highest BCUT2D eigenvalue weighted by Gasteiger charge is 2.38. The van der Waals surface area contributed by atoms with Gasteiger partial charge in [-0.25, -0.2) is 4.79 Å². The van der Waals surface area contributed by atoms with Crippen molar-refractivity contribution in [1.29, 1.82) is 0 Å². The van der Waals surface area contributed by atoms with Crippen molar-refractivity contribution in [1.82, 2.24) is 31.6 Å². The number of aliphatic hydroxyl groups is 1. The maximum Gasteiger partial charge on any atom is 0.408 e. The lowest BCUT2D eigenvalue weighted by Gasteiger charge is -2.33. The fourth-order valence-electron chi connectivity index (χ4n) is 5.82. The van der Waals surface area contributed by atoms with Gasteiger partial charge in [-0.15, -0.1) is 0 Å². The monoisotopic (exact) mass is 736 g/mol. The van der Waals surface area contributed by atoms with Crippen molar-refractivity contribution < 1.29 is 29.0 Å². The third-order valence-corrected chi connectivity index (χ3v) is 8.88. The molecule has 0 aliphatic rings. The number of amides is 4. The molecule has 6 N–H and O–H groups in total. The van der Waals surface area contributed by atoms with Crippen LogP contribution in [0.2, 0.25) is 0 Å². The van der Waals surface area contributed by atoms with Crippen molar-refractivity contribution in [2.45, 2.75) is 84.1 Å². The number of hydrogen-bond donors (Lipinski definition) is 6. The van der Waals surface area contributed by atoms with E-state index in [4.69, 9.17) is 4.74 Å². The molecule has 0 radical (unpaired) electrons. The summed E-state index contributed by atoms with van der Waals surface area (Å²) in [4.78, 5) is 58.6. The Balaban J connectivity index is 1.56. The molecule has 0 aliphatic heterocycles. The van der Waals surface area contributed by atoms with Crippen molar-refractivity contribution >= 4 is 23.8 Å². The van der Waals surface area contributed by atoms with Gasteiger partial charge in [-0.2, -0.15) is 0 Å². The Morgan fingerprint density at radius 1 is 0.611 bits per heavy atom. The predicted octanol–water partition coefficient (Wildman–Crippen LogP) is 4.04. The summed E-state index contributed by atoms with van der Waals surface area (Å²) in [6, 6.07) is 29.0. The van der Waals surface area contributed by atoms with Crippen LogP contribution in [0.15, 0.2) is 115 Å². The Morgan fingerprint density at radius 3 is 1.72 bits per heavy atom. The van der Waals surface area contributed by atoms with Crippen LogP contribution in [-0.4, -0.2) is 64.2 Å². The first-order valence-corrected chi connectivity index (χ1v) is 18.3. The van der Waals surface area contributed by atoms with E-state index >= 15 is 0 Å². The molecule has 12 nitrogen and oxygen atoms in total. The van der Waals surface area contributed by atoms with Crippen molar-refractivity contribution in [2.24, 2.45) is 11.8 Å². The molecule has 1 heterocycles. The van der Waals surface area contributed by atoms with E-state index in [9.17, 15) is 24.3 Å². The van der Waals surface area contributed by atoms with Gasteiger partial charge in [0.1, 0.15) is 24.7 Å². The van der Waals surface area contributed by atoms with Gasteiger partial charge >= 0.3 is 6.09 Å². The number of aromatic nitrogens is 1. The van der Waals surface area contributed by atoms with Crippen LogP contribution in [0, 0.1) is 11.8 Å². The minimum atomic E-state index is -1.49. The normalized spacial score (nSPS) is 13.9. The third kappa shape index (κ3) is 13.1. The summed E-state index contributed by atoms with van der Waals surface area (Å²) < 4.78 is 5.39. The van der Waals surface area contributed by atoms with Gasteiger partial charge < -0.3 is 31.1 Å². The zero-order chi connectivity index (χ0) is 38.9. The molecule has 0 unspecified atom stereocenters. The number of nitrogens with zero attached hydrogens (tertiary/aromatic N) is 1. The number of carbonyl (C=O) groups is 4. The van der Waals surface area contributed by atoms with Gasteiger partial charge in [0, 0.05) is 12.7 Å². The number of nitrogens with one attached hydrogen (secondary N) is 5.